The van der Waals surface area contributed by atoms with Crippen LogP contribution in [0.25, 0.3) is 0 Å². The fourth-order valence-electron chi connectivity index (χ4n) is 1.87. The van der Waals surface area contributed by atoms with Gasteiger partial charge in [-0.25, -0.2) is 4.79 Å². The normalized spacial score (nSPS) is 16.9. The Morgan fingerprint density at radius 1 is 1.35 bits per heavy atom. The molecule has 0 unspecified atom stereocenters. The van der Waals surface area contributed by atoms with Crippen LogP contribution in [-0.4, -0.2) is 34.1 Å². The highest BCUT2D eigenvalue weighted by Gasteiger charge is 2.38. The third kappa shape index (κ3) is 4.21. The van der Waals surface area contributed by atoms with Gasteiger partial charge in [0, 0.05) is 0 Å². The molecule has 0 aliphatic carbocycles. The Morgan fingerprint density at radius 3 is 2.45 bits per heavy atom. The minimum absolute atomic E-state index is 0.144. The minimum Gasteiger partial charge on any atom is -0.445 e. The Labute approximate surface area is 119 Å². The van der Waals surface area contributed by atoms with E-state index in [1.807, 2.05) is 30.3 Å². The third-order valence-corrected chi connectivity index (χ3v) is 3.53. The van der Waals surface area contributed by atoms with Gasteiger partial charge in [-0.15, -0.1) is 0 Å². The smallest absolute Gasteiger partial charge is 0.408 e. The van der Waals surface area contributed by atoms with Crippen molar-refractivity contribution < 1.29 is 19.7 Å². The lowest BCUT2D eigenvalue weighted by Gasteiger charge is -2.37. The van der Waals surface area contributed by atoms with Crippen molar-refractivity contribution in [1.82, 2.24) is 5.32 Å². The van der Waals surface area contributed by atoms with Gasteiger partial charge in [-0.05, 0) is 25.8 Å². The van der Waals surface area contributed by atoms with Gasteiger partial charge in [-0.2, -0.15) is 0 Å². The molecule has 1 aromatic carbocycles. The first-order valence-electron chi connectivity index (χ1n) is 6.75. The second kappa shape index (κ2) is 7.26. The number of aliphatic hydroxyl groups is 2. The van der Waals surface area contributed by atoms with Crippen LogP contribution in [0.2, 0.25) is 0 Å². The monoisotopic (exact) mass is 281 g/mol. The van der Waals surface area contributed by atoms with Crippen LogP contribution in [0.3, 0.4) is 0 Å². The van der Waals surface area contributed by atoms with Crippen molar-refractivity contribution in [3.8, 4) is 0 Å². The fraction of sp³-hybridized carbons (Fsp3) is 0.533. The first-order valence-corrected chi connectivity index (χ1v) is 6.75. The van der Waals surface area contributed by atoms with Gasteiger partial charge in [0.1, 0.15) is 6.61 Å². The molecular formula is C15H23NO4. The third-order valence-electron chi connectivity index (χ3n) is 3.53. The van der Waals surface area contributed by atoms with Gasteiger partial charge in [0.05, 0.1) is 17.7 Å². The standard InChI is InChI=1S/C15H23NO4/c1-4-13(18)15(3,11(2)17)16-14(19)20-10-12-8-6-5-7-9-12/h5-9,11,13,17-18H,4,10H2,1-3H3,(H,16,19)/t11-,13-,15+/m1/s1. The first kappa shape index (κ1) is 16.5. The van der Waals surface area contributed by atoms with Gasteiger partial charge in [-0.1, -0.05) is 37.3 Å². The van der Waals surface area contributed by atoms with Crippen molar-refractivity contribution in [2.75, 3.05) is 0 Å². The van der Waals surface area contributed by atoms with Crippen LogP contribution in [0.5, 0.6) is 0 Å². The molecule has 0 aliphatic heterocycles. The predicted octanol–water partition coefficient (Wildman–Crippen LogP) is 1.82. The summed E-state index contributed by atoms with van der Waals surface area (Å²) in [7, 11) is 0. The molecule has 0 fully saturated rings. The Morgan fingerprint density at radius 2 is 1.95 bits per heavy atom. The van der Waals surface area contributed by atoms with Crippen molar-refractivity contribution in [2.24, 2.45) is 0 Å². The molecule has 0 saturated heterocycles. The molecule has 20 heavy (non-hydrogen) atoms. The van der Waals surface area contributed by atoms with E-state index in [1.54, 1.807) is 13.8 Å². The SMILES string of the molecule is CC[C@@H](O)[C@@](C)(NC(=O)OCc1ccccc1)[C@@H](C)O. The van der Waals surface area contributed by atoms with E-state index in [-0.39, 0.29) is 6.61 Å². The van der Waals surface area contributed by atoms with E-state index >= 15 is 0 Å². The van der Waals surface area contributed by atoms with Crippen LogP contribution in [0.4, 0.5) is 4.79 Å². The van der Waals surface area contributed by atoms with E-state index in [0.717, 1.165) is 5.56 Å². The lowest BCUT2D eigenvalue weighted by atomic mass is 9.88. The summed E-state index contributed by atoms with van der Waals surface area (Å²) < 4.78 is 5.10. The first-order chi connectivity index (χ1) is 9.40. The van der Waals surface area contributed by atoms with Crippen LogP contribution in [-0.2, 0) is 11.3 Å². The number of aliphatic hydroxyl groups excluding tert-OH is 2. The van der Waals surface area contributed by atoms with Gasteiger partial charge < -0.3 is 20.3 Å². The quantitative estimate of drug-likeness (QED) is 0.743. The summed E-state index contributed by atoms with van der Waals surface area (Å²) in [6, 6.07) is 9.30. The van der Waals surface area contributed by atoms with Crippen LogP contribution in [0.15, 0.2) is 30.3 Å². The van der Waals surface area contributed by atoms with Crippen LogP contribution in [0, 0.1) is 0 Å². The number of ether oxygens (including phenoxy) is 1. The average molecular weight is 281 g/mol. The van der Waals surface area contributed by atoms with Gasteiger partial charge in [-0.3, -0.25) is 0 Å². The molecule has 0 bridgehead atoms. The van der Waals surface area contributed by atoms with Gasteiger partial charge in [0.25, 0.3) is 0 Å². The number of hydrogen-bond acceptors (Lipinski definition) is 4. The number of carbonyl (C=O) groups is 1. The number of hydrogen-bond donors (Lipinski definition) is 3. The number of rotatable bonds is 6. The molecule has 0 aromatic heterocycles. The number of amides is 1. The summed E-state index contributed by atoms with van der Waals surface area (Å²) in [5.41, 5.74) is -0.264. The van der Waals surface area contributed by atoms with Gasteiger partial charge in [0.15, 0.2) is 0 Å². The van der Waals surface area contributed by atoms with Gasteiger partial charge in [0.2, 0.25) is 0 Å². The second-order valence-electron chi connectivity index (χ2n) is 5.07. The molecule has 0 saturated carbocycles. The van der Waals surface area contributed by atoms with Crippen LogP contribution >= 0.6 is 0 Å². The zero-order valence-corrected chi connectivity index (χ0v) is 12.2. The molecule has 1 aromatic rings. The molecule has 5 heteroatoms. The zero-order chi connectivity index (χ0) is 15.2. The number of benzene rings is 1. The Balaban J connectivity index is 2.59. The Hall–Kier alpha value is -1.59. The molecule has 3 atom stereocenters. The highest BCUT2D eigenvalue weighted by molar-refractivity contribution is 5.68. The van der Waals surface area contributed by atoms with Crippen molar-refractivity contribution in [3.63, 3.8) is 0 Å². The van der Waals surface area contributed by atoms with E-state index in [0.29, 0.717) is 6.42 Å². The van der Waals surface area contributed by atoms with E-state index in [1.165, 1.54) is 6.92 Å². The highest BCUT2D eigenvalue weighted by atomic mass is 16.5. The molecular weight excluding hydrogens is 258 g/mol. The summed E-state index contributed by atoms with van der Waals surface area (Å²) in [6.45, 7) is 5.04. The van der Waals surface area contributed by atoms with Gasteiger partial charge >= 0.3 is 6.09 Å². The lowest BCUT2D eigenvalue weighted by Crippen LogP contribution is -2.60. The predicted molar refractivity (Wildman–Crippen MR) is 76.1 cm³/mol. The van der Waals surface area contributed by atoms with Crippen LogP contribution in [0.1, 0.15) is 32.8 Å². The maximum Gasteiger partial charge on any atom is 0.408 e. The molecule has 5 nitrogen and oxygen atoms in total. The number of nitrogens with one attached hydrogen (secondary N) is 1. The van der Waals surface area contributed by atoms with E-state index in [2.05, 4.69) is 5.32 Å². The Bertz CT molecular complexity index is 421. The molecule has 3 N–H and O–H groups in total. The van der Waals surface area contributed by atoms with E-state index < -0.39 is 23.8 Å². The molecule has 0 heterocycles. The molecule has 112 valence electrons. The fourth-order valence-corrected chi connectivity index (χ4v) is 1.87. The van der Waals surface area contributed by atoms with Crippen molar-refractivity contribution in [2.45, 2.75) is 51.5 Å². The van der Waals surface area contributed by atoms with Crippen LogP contribution < -0.4 is 5.32 Å². The summed E-state index contributed by atoms with van der Waals surface area (Å²) in [5, 5.41) is 22.3. The molecule has 0 aliphatic rings. The summed E-state index contributed by atoms with van der Waals surface area (Å²) in [5.74, 6) is 0. The second-order valence-corrected chi connectivity index (χ2v) is 5.07. The highest BCUT2D eigenvalue weighted by Crippen LogP contribution is 2.18. The van der Waals surface area contributed by atoms with Crippen molar-refractivity contribution in [1.29, 1.82) is 0 Å². The molecule has 0 radical (unpaired) electrons. The minimum atomic E-state index is -1.14. The maximum atomic E-state index is 11.8. The summed E-state index contributed by atoms with van der Waals surface area (Å²) in [6.07, 6.45) is -2.00. The molecule has 0 spiro atoms. The Kier molecular flexibility index (Phi) is 5.98. The maximum absolute atomic E-state index is 11.8. The van der Waals surface area contributed by atoms with Crippen molar-refractivity contribution >= 4 is 6.09 Å². The largest absolute Gasteiger partial charge is 0.445 e. The number of alkyl carbamates (subject to hydrolysis) is 1. The van der Waals surface area contributed by atoms with Crippen molar-refractivity contribution in [3.05, 3.63) is 35.9 Å². The molecule has 1 amide bonds. The average Bonchev–Trinajstić information content (AvgIpc) is 2.45. The van der Waals surface area contributed by atoms with E-state index in [4.69, 9.17) is 4.74 Å². The zero-order valence-electron chi connectivity index (χ0n) is 12.2. The van der Waals surface area contributed by atoms with E-state index in [9.17, 15) is 15.0 Å². The lowest BCUT2D eigenvalue weighted by molar-refractivity contribution is -0.0165. The summed E-state index contributed by atoms with van der Waals surface area (Å²) >= 11 is 0. The molecule has 1 rings (SSSR count). The summed E-state index contributed by atoms with van der Waals surface area (Å²) in [4.78, 5) is 11.8. The topological polar surface area (TPSA) is 78.8 Å². The number of carbonyl (C=O) groups excluding carboxylic acids is 1.